The van der Waals surface area contributed by atoms with Crippen molar-refractivity contribution in [1.82, 2.24) is 9.55 Å². The Morgan fingerprint density at radius 1 is 0.957 bits per heavy atom. The highest BCUT2D eigenvalue weighted by Crippen LogP contribution is 2.23. The summed E-state index contributed by atoms with van der Waals surface area (Å²) >= 11 is 3.43. The van der Waals surface area contributed by atoms with Gasteiger partial charge in [0.2, 0.25) is 0 Å². The van der Waals surface area contributed by atoms with Crippen LogP contribution in [0.5, 0.6) is 0 Å². The van der Waals surface area contributed by atoms with E-state index >= 15 is 0 Å². The Bertz CT molecular complexity index is 1110. The average Bonchev–Trinajstić information content (AvgIpc) is 2.56. The Morgan fingerprint density at radius 3 is 2.61 bits per heavy atom. The zero-order chi connectivity index (χ0) is 16.0. The molecule has 0 unspecified atom stereocenters. The lowest BCUT2D eigenvalue weighted by molar-refractivity contribution is 0.901. The van der Waals surface area contributed by atoms with Gasteiger partial charge in [0.1, 0.15) is 5.82 Å². The first-order chi connectivity index (χ1) is 11.1. The summed E-state index contributed by atoms with van der Waals surface area (Å²) in [7, 11) is 0. The molecule has 1 aromatic heterocycles. The van der Waals surface area contributed by atoms with E-state index in [9.17, 15) is 4.79 Å². The molecule has 0 aliphatic heterocycles. The zero-order valence-electron chi connectivity index (χ0n) is 12.5. The number of nitrogens with zero attached hydrogens (tertiary/aromatic N) is 2. The van der Waals surface area contributed by atoms with E-state index in [0.29, 0.717) is 16.7 Å². The second-order valence-electron chi connectivity index (χ2n) is 5.46. The van der Waals surface area contributed by atoms with Gasteiger partial charge in [-0.3, -0.25) is 9.36 Å². The topological polar surface area (TPSA) is 34.9 Å². The van der Waals surface area contributed by atoms with Crippen LogP contribution in [0.4, 0.5) is 0 Å². The second kappa shape index (κ2) is 5.32. The van der Waals surface area contributed by atoms with Crippen LogP contribution in [-0.4, -0.2) is 9.55 Å². The Labute approximate surface area is 141 Å². The number of rotatable bonds is 1. The minimum absolute atomic E-state index is 0.0508. The molecule has 0 radical (unpaired) electrons. The van der Waals surface area contributed by atoms with Crippen LogP contribution >= 0.6 is 15.9 Å². The van der Waals surface area contributed by atoms with E-state index in [0.717, 1.165) is 20.9 Å². The molecule has 0 atom stereocenters. The second-order valence-corrected chi connectivity index (χ2v) is 6.38. The summed E-state index contributed by atoms with van der Waals surface area (Å²) in [4.78, 5) is 17.7. The lowest BCUT2D eigenvalue weighted by atomic mass is 10.1. The van der Waals surface area contributed by atoms with Crippen molar-refractivity contribution in [3.05, 3.63) is 81.3 Å². The van der Waals surface area contributed by atoms with Crippen molar-refractivity contribution in [2.45, 2.75) is 6.92 Å². The maximum absolute atomic E-state index is 13.0. The maximum Gasteiger partial charge on any atom is 0.266 e. The number of halogens is 1. The van der Waals surface area contributed by atoms with Crippen molar-refractivity contribution >= 4 is 37.6 Å². The van der Waals surface area contributed by atoms with E-state index in [1.54, 1.807) is 4.57 Å². The molecule has 0 saturated heterocycles. The lowest BCUT2D eigenvalue weighted by Gasteiger charge is -2.13. The predicted molar refractivity (Wildman–Crippen MR) is 97.3 cm³/mol. The van der Waals surface area contributed by atoms with E-state index in [1.165, 1.54) is 0 Å². The molecule has 0 N–H and O–H groups in total. The summed E-state index contributed by atoms with van der Waals surface area (Å²) < 4.78 is 2.56. The molecule has 4 aromatic rings. The fourth-order valence-corrected chi connectivity index (χ4v) is 3.32. The molecule has 0 aliphatic carbocycles. The molecule has 4 rings (SSSR count). The first-order valence-electron chi connectivity index (χ1n) is 7.32. The molecular weight excluding hydrogens is 352 g/mol. The highest BCUT2D eigenvalue weighted by atomic mass is 79.9. The molecule has 0 aliphatic rings. The lowest BCUT2D eigenvalue weighted by Crippen LogP contribution is -2.22. The molecular formula is C19H13BrN2O. The largest absolute Gasteiger partial charge is 0.268 e. The predicted octanol–water partition coefficient (Wildman–Crippen LogP) is 4.61. The fourth-order valence-electron chi connectivity index (χ4n) is 2.96. The minimum atomic E-state index is -0.0508. The van der Waals surface area contributed by atoms with Crippen molar-refractivity contribution in [3.8, 4) is 5.69 Å². The van der Waals surface area contributed by atoms with Gasteiger partial charge >= 0.3 is 0 Å². The van der Waals surface area contributed by atoms with E-state index in [2.05, 4.69) is 20.9 Å². The van der Waals surface area contributed by atoms with Crippen molar-refractivity contribution in [2.24, 2.45) is 0 Å². The maximum atomic E-state index is 13.0. The van der Waals surface area contributed by atoms with Crippen molar-refractivity contribution in [3.63, 3.8) is 0 Å². The van der Waals surface area contributed by atoms with E-state index < -0.39 is 0 Å². The van der Waals surface area contributed by atoms with Gasteiger partial charge in [0, 0.05) is 9.86 Å². The minimum Gasteiger partial charge on any atom is -0.268 e. The van der Waals surface area contributed by atoms with Crippen LogP contribution in [0.1, 0.15) is 5.82 Å². The third kappa shape index (κ3) is 2.26. The number of fused-ring (bicyclic) bond motifs is 2. The smallest absolute Gasteiger partial charge is 0.266 e. The van der Waals surface area contributed by atoms with Gasteiger partial charge in [-0.1, -0.05) is 52.3 Å². The molecule has 0 saturated carbocycles. The van der Waals surface area contributed by atoms with Crippen molar-refractivity contribution in [1.29, 1.82) is 0 Å². The van der Waals surface area contributed by atoms with E-state index in [1.807, 2.05) is 67.6 Å². The Hall–Kier alpha value is -2.46. The molecule has 0 fully saturated rings. The van der Waals surface area contributed by atoms with Gasteiger partial charge in [0.05, 0.1) is 16.6 Å². The first kappa shape index (κ1) is 14.2. The molecule has 4 heteroatoms. The SMILES string of the molecule is Cc1nc2ccc(Br)cc2c(=O)n1-c1cccc2ccccc12. The number of hydrogen-bond donors (Lipinski definition) is 0. The fraction of sp³-hybridized carbons (Fsp3) is 0.0526. The molecule has 0 bridgehead atoms. The third-order valence-corrected chi connectivity index (χ3v) is 4.50. The van der Waals surface area contributed by atoms with Crippen LogP contribution in [0.3, 0.4) is 0 Å². The summed E-state index contributed by atoms with van der Waals surface area (Å²) in [5, 5.41) is 2.75. The molecule has 3 nitrogen and oxygen atoms in total. The summed E-state index contributed by atoms with van der Waals surface area (Å²) in [5.41, 5.74) is 1.53. The Kier molecular flexibility index (Phi) is 3.27. The number of hydrogen-bond acceptors (Lipinski definition) is 2. The molecule has 23 heavy (non-hydrogen) atoms. The Morgan fingerprint density at radius 2 is 1.74 bits per heavy atom. The van der Waals surface area contributed by atoms with E-state index in [-0.39, 0.29) is 5.56 Å². The van der Waals surface area contributed by atoms with Crippen LogP contribution in [0, 0.1) is 6.92 Å². The van der Waals surface area contributed by atoms with Gasteiger partial charge in [0.25, 0.3) is 5.56 Å². The average molecular weight is 365 g/mol. The molecule has 0 amide bonds. The van der Waals surface area contributed by atoms with E-state index in [4.69, 9.17) is 0 Å². The van der Waals surface area contributed by atoms with Gasteiger partial charge in [-0.25, -0.2) is 4.98 Å². The van der Waals surface area contributed by atoms with Gasteiger partial charge < -0.3 is 0 Å². The normalized spacial score (nSPS) is 11.2. The van der Waals surface area contributed by atoms with Crippen LogP contribution in [0.2, 0.25) is 0 Å². The zero-order valence-corrected chi connectivity index (χ0v) is 14.0. The highest BCUT2D eigenvalue weighted by Gasteiger charge is 2.12. The van der Waals surface area contributed by atoms with Gasteiger partial charge in [0.15, 0.2) is 0 Å². The van der Waals surface area contributed by atoms with Gasteiger partial charge in [-0.15, -0.1) is 0 Å². The van der Waals surface area contributed by atoms with Crippen LogP contribution in [-0.2, 0) is 0 Å². The first-order valence-corrected chi connectivity index (χ1v) is 8.11. The monoisotopic (exact) mass is 364 g/mol. The van der Waals surface area contributed by atoms with Crippen LogP contribution in [0.25, 0.3) is 27.4 Å². The standard InChI is InChI=1S/C19H13BrN2O/c1-12-21-17-10-9-14(20)11-16(17)19(23)22(12)18-8-4-6-13-5-2-3-7-15(13)18/h2-11H,1H3. The molecule has 1 heterocycles. The number of benzene rings is 3. The van der Waals surface area contributed by atoms with Crippen molar-refractivity contribution in [2.75, 3.05) is 0 Å². The summed E-state index contributed by atoms with van der Waals surface area (Å²) in [6.07, 6.45) is 0. The van der Waals surface area contributed by atoms with Gasteiger partial charge in [-0.2, -0.15) is 0 Å². The summed E-state index contributed by atoms with van der Waals surface area (Å²) in [5.74, 6) is 0.682. The number of aromatic nitrogens is 2. The van der Waals surface area contributed by atoms with Gasteiger partial charge in [-0.05, 0) is 36.6 Å². The van der Waals surface area contributed by atoms with Crippen LogP contribution < -0.4 is 5.56 Å². The molecule has 3 aromatic carbocycles. The summed E-state index contributed by atoms with van der Waals surface area (Å²) in [6, 6.07) is 19.6. The quantitative estimate of drug-likeness (QED) is 0.494. The summed E-state index contributed by atoms with van der Waals surface area (Å²) in [6.45, 7) is 1.87. The van der Waals surface area contributed by atoms with Crippen molar-refractivity contribution < 1.29 is 0 Å². The highest BCUT2D eigenvalue weighted by molar-refractivity contribution is 9.10. The Balaban J connectivity index is 2.15. The van der Waals surface area contributed by atoms with Crippen LogP contribution in [0.15, 0.2) is 69.9 Å². The third-order valence-electron chi connectivity index (χ3n) is 4.01. The number of aryl methyl sites for hydroxylation is 1. The molecule has 0 spiro atoms. The molecule has 112 valence electrons.